The number of para-hydroxylation sites is 2. The summed E-state index contributed by atoms with van der Waals surface area (Å²) in [6, 6.07) is 13.1. The van der Waals surface area contributed by atoms with Gasteiger partial charge in [-0.2, -0.15) is 0 Å². The maximum atomic E-state index is 12.3. The fourth-order valence-corrected chi connectivity index (χ4v) is 3.34. The van der Waals surface area contributed by atoms with Crippen LogP contribution in [0.3, 0.4) is 0 Å². The molecule has 0 saturated heterocycles. The Kier molecular flexibility index (Phi) is 3.87. The molecular formula is C17H14N6OS. The van der Waals surface area contributed by atoms with Crippen molar-refractivity contribution in [2.45, 2.75) is 6.54 Å². The number of H-pyrrole nitrogens is 1. The summed E-state index contributed by atoms with van der Waals surface area (Å²) in [5, 5.41) is 2.87. The molecule has 0 radical (unpaired) electrons. The van der Waals surface area contributed by atoms with E-state index < -0.39 is 0 Å². The second-order valence-corrected chi connectivity index (χ2v) is 6.43. The molecule has 1 amide bonds. The van der Waals surface area contributed by atoms with Gasteiger partial charge in [0.05, 0.1) is 33.0 Å². The molecule has 0 unspecified atom stereocenters. The van der Waals surface area contributed by atoms with Gasteiger partial charge in [0, 0.05) is 6.20 Å². The van der Waals surface area contributed by atoms with Crippen molar-refractivity contribution < 1.29 is 4.79 Å². The summed E-state index contributed by atoms with van der Waals surface area (Å²) in [6.07, 6.45) is 1.60. The normalized spacial score (nSPS) is 10.9. The molecule has 3 aromatic heterocycles. The number of hydrogen-bond acceptors (Lipinski definition) is 6. The number of imidazole rings is 1. The monoisotopic (exact) mass is 350 g/mol. The van der Waals surface area contributed by atoms with E-state index in [1.54, 1.807) is 18.3 Å². The first-order chi connectivity index (χ1) is 12.2. The molecule has 0 fully saturated rings. The Bertz CT molecular complexity index is 1020. The fourth-order valence-electron chi connectivity index (χ4n) is 2.45. The Morgan fingerprint density at radius 3 is 2.88 bits per heavy atom. The van der Waals surface area contributed by atoms with Crippen LogP contribution in [-0.4, -0.2) is 25.8 Å². The Morgan fingerprint density at radius 1 is 1.16 bits per heavy atom. The quantitative estimate of drug-likeness (QED) is 0.524. The first-order valence-corrected chi connectivity index (χ1v) is 8.41. The number of nitrogen functional groups attached to an aromatic ring is 1. The summed E-state index contributed by atoms with van der Waals surface area (Å²) in [7, 11) is 0. The van der Waals surface area contributed by atoms with Crippen LogP contribution in [0.4, 0.5) is 5.95 Å². The lowest BCUT2D eigenvalue weighted by Gasteiger charge is -2.00. The summed E-state index contributed by atoms with van der Waals surface area (Å²) in [6.45, 7) is 0.335. The van der Waals surface area contributed by atoms with Gasteiger partial charge < -0.3 is 16.0 Å². The van der Waals surface area contributed by atoms with Crippen molar-refractivity contribution in [1.29, 1.82) is 0 Å². The van der Waals surface area contributed by atoms with Crippen molar-refractivity contribution in [3.05, 3.63) is 59.4 Å². The molecule has 1 aromatic carbocycles. The van der Waals surface area contributed by atoms with E-state index in [2.05, 4.69) is 25.3 Å². The Labute approximate surface area is 147 Å². The molecule has 4 aromatic rings. The Morgan fingerprint density at radius 2 is 2.04 bits per heavy atom. The van der Waals surface area contributed by atoms with E-state index in [0.29, 0.717) is 17.1 Å². The number of rotatable bonds is 4. The minimum Gasteiger partial charge on any atom is -0.368 e. The highest BCUT2D eigenvalue weighted by Crippen LogP contribution is 2.26. The van der Waals surface area contributed by atoms with Crippen LogP contribution in [0.1, 0.15) is 15.5 Å². The van der Waals surface area contributed by atoms with Gasteiger partial charge >= 0.3 is 0 Å². The molecule has 7 nitrogen and oxygen atoms in total. The van der Waals surface area contributed by atoms with Crippen LogP contribution in [0.5, 0.6) is 0 Å². The number of nitrogens with two attached hydrogens (primary N) is 1. The molecule has 25 heavy (non-hydrogen) atoms. The van der Waals surface area contributed by atoms with Crippen molar-refractivity contribution >= 4 is 34.2 Å². The second kappa shape index (κ2) is 6.33. The number of aromatic amines is 1. The van der Waals surface area contributed by atoms with Gasteiger partial charge in [0.15, 0.2) is 0 Å². The number of anilines is 1. The van der Waals surface area contributed by atoms with Crippen LogP contribution >= 0.6 is 11.3 Å². The lowest BCUT2D eigenvalue weighted by molar-refractivity contribution is 0.0954. The van der Waals surface area contributed by atoms with E-state index >= 15 is 0 Å². The molecule has 8 heteroatoms. The molecule has 0 atom stereocenters. The summed E-state index contributed by atoms with van der Waals surface area (Å²) < 4.78 is 0. The lowest BCUT2D eigenvalue weighted by atomic mass is 10.3. The zero-order chi connectivity index (χ0) is 17.2. The van der Waals surface area contributed by atoms with Gasteiger partial charge in [-0.3, -0.25) is 4.79 Å². The molecule has 3 heterocycles. The SMILES string of the molecule is Nc1nccc(-c2ccc(C(=O)NCc3nc4ccccc4[nH]3)s2)n1. The number of fused-ring (bicyclic) bond motifs is 1. The second-order valence-electron chi connectivity index (χ2n) is 5.35. The van der Waals surface area contributed by atoms with Gasteiger partial charge in [0.1, 0.15) is 5.82 Å². The highest BCUT2D eigenvalue weighted by atomic mass is 32.1. The highest BCUT2D eigenvalue weighted by Gasteiger charge is 2.12. The van der Waals surface area contributed by atoms with Crippen molar-refractivity contribution in [3.63, 3.8) is 0 Å². The van der Waals surface area contributed by atoms with Gasteiger partial charge in [-0.1, -0.05) is 12.1 Å². The molecule has 0 spiro atoms. The zero-order valence-electron chi connectivity index (χ0n) is 13.1. The third-order valence-corrected chi connectivity index (χ3v) is 4.72. The number of benzene rings is 1. The van der Waals surface area contributed by atoms with Crippen molar-refractivity contribution in [1.82, 2.24) is 25.3 Å². The van der Waals surface area contributed by atoms with Gasteiger partial charge in [-0.15, -0.1) is 11.3 Å². The van der Waals surface area contributed by atoms with Crippen LogP contribution < -0.4 is 11.1 Å². The molecule has 0 bridgehead atoms. The van der Waals surface area contributed by atoms with Crippen molar-refractivity contribution in [3.8, 4) is 10.6 Å². The van der Waals surface area contributed by atoms with E-state index in [1.165, 1.54) is 11.3 Å². The molecule has 0 saturated carbocycles. The third kappa shape index (κ3) is 3.20. The number of carbonyl (C=O) groups excluding carboxylic acids is 1. The third-order valence-electron chi connectivity index (χ3n) is 3.61. The molecular weight excluding hydrogens is 336 g/mol. The van der Waals surface area contributed by atoms with E-state index in [4.69, 9.17) is 5.73 Å². The number of nitrogens with zero attached hydrogens (tertiary/aromatic N) is 3. The summed E-state index contributed by atoms with van der Waals surface area (Å²) >= 11 is 1.35. The maximum Gasteiger partial charge on any atom is 0.261 e. The topological polar surface area (TPSA) is 110 Å². The first kappa shape index (κ1) is 15.3. The van der Waals surface area contributed by atoms with Crippen LogP contribution in [0.15, 0.2) is 48.7 Å². The number of thiophene rings is 1. The number of aromatic nitrogens is 4. The number of hydrogen-bond donors (Lipinski definition) is 3. The minimum absolute atomic E-state index is 0.154. The van der Waals surface area contributed by atoms with Crippen molar-refractivity contribution in [2.24, 2.45) is 0 Å². The zero-order valence-corrected chi connectivity index (χ0v) is 13.9. The van der Waals surface area contributed by atoms with Crippen molar-refractivity contribution in [2.75, 3.05) is 5.73 Å². The van der Waals surface area contributed by atoms with Gasteiger partial charge in [-0.25, -0.2) is 15.0 Å². The van der Waals surface area contributed by atoms with E-state index in [-0.39, 0.29) is 11.9 Å². The number of carbonyl (C=O) groups is 1. The first-order valence-electron chi connectivity index (χ1n) is 7.59. The molecule has 4 rings (SSSR count). The summed E-state index contributed by atoms with van der Waals surface area (Å²) in [4.78, 5) is 29.5. The molecule has 0 aliphatic rings. The summed E-state index contributed by atoms with van der Waals surface area (Å²) in [5.74, 6) is 0.774. The van der Waals surface area contributed by atoms with E-state index in [1.807, 2.05) is 30.3 Å². The molecule has 0 aliphatic carbocycles. The Hall–Kier alpha value is -3.26. The number of nitrogens with one attached hydrogen (secondary N) is 2. The van der Waals surface area contributed by atoms with Crippen LogP contribution in [-0.2, 0) is 6.54 Å². The molecule has 4 N–H and O–H groups in total. The van der Waals surface area contributed by atoms with Crippen LogP contribution in [0, 0.1) is 0 Å². The molecule has 0 aliphatic heterocycles. The standard InChI is InChI=1S/C17H14N6OS/c18-17-19-8-7-12(23-17)13-5-6-14(25-13)16(24)20-9-15-21-10-3-1-2-4-11(10)22-15/h1-8H,9H2,(H,20,24)(H,21,22)(H2,18,19,23). The van der Waals surface area contributed by atoms with Gasteiger partial charge in [0.2, 0.25) is 5.95 Å². The Balaban J connectivity index is 1.46. The highest BCUT2D eigenvalue weighted by molar-refractivity contribution is 7.17. The summed E-state index contributed by atoms with van der Waals surface area (Å²) in [5.41, 5.74) is 8.13. The largest absolute Gasteiger partial charge is 0.368 e. The number of amides is 1. The van der Waals surface area contributed by atoms with E-state index in [9.17, 15) is 4.79 Å². The smallest absolute Gasteiger partial charge is 0.261 e. The average molecular weight is 350 g/mol. The minimum atomic E-state index is -0.154. The fraction of sp³-hybridized carbons (Fsp3) is 0.0588. The van der Waals surface area contributed by atoms with Gasteiger partial charge in [0.25, 0.3) is 5.91 Å². The average Bonchev–Trinajstić information content (AvgIpc) is 3.26. The predicted molar refractivity (Wildman–Crippen MR) is 97.0 cm³/mol. The van der Waals surface area contributed by atoms with Crippen LogP contribution in [0.2, 0.25) is 0 Å². The molecule has 124 valence electrons. The lowest BCUT2D eigenvalue weighted by Crippen LogP contribution is -2.22. The van der Waals surface area contributed by atoms with Crippen LogP contribution in [0.25, 0.3) is 21.6 Å². The van der Waals surface area contributed by atoms with E-state index in [0.717, 1.165) is 21.7 Å². The maximum absolute atomic E-state index is 12.3. The predicted octanol–water partition coefficient (Wildman–Crippen LogP) is 2.59. The van der Waals surface area contributed by atoms with Gasteiger partial charge in [-0.05, 0) is 30.3 Å².